The third-order valence-electron chi connectivity index (χ3n) is 12.3. The summed E-state index contributed by atoms with van der Waals surface area (Å²) in [7, 11) is 0. The van der Waals surface area contributed by atoms with Crippen molar-refractivity contribution in [2.24, 2.45) is 23.2 Å². The molecular formula is C42H61N5O6S. The van der Waals surface area contributed by atoms with Crippen molar-refractivity contribution in [3.05, 3.63) is 46.7 Å². The van der Waals surface area contributed by atoms with E-state index in [1.165, 1.54) is 17.4 Å². The maximum atomic E-state index is 15.1. The quantitative estimate of drug-likeness (QED) is 0.127. The van der Waals surface area contributed by atoms with Crippen LogP contribution in [0.25, 0.3) is 0 Å². The average Bonchev–Trinajstić information content (AvgIpc) is 3.83. The van der Waals surface area contributed by atoms with Gasteiger partial charge in [0, 0.05) is 19.0 Å². The van der Waals surface area contributed by atoms with Crippen LogP contribution in [0.4, 0.5) is 0 Å². The van der Waals surface area contributed by atoms with Crippen LogP contribution in [0.5, 0.6) is 0 Å². The van der Waals surface area contributed by atoms with Gasteiger partial charge >= 0.3 is 0 Å². The van der Waals surface area contributed by atoms with Crippen molar-refractivity contribution in [3.63, 3.8) is 0 Å². The summed E-state index contributed by atoms with van der Waals surface area (Å²) in [6.07, 6.45) is 16.3. The Labute approximate surface area is 324 Å². The highest BCUT2D eigenvalue weighted by molar-refractivity contribution is 7.12. The van der Waals surface area contributed by atoms with Crippen LogP contribution in [0.1, 0.15) is 127 Å². The van der Waals surface area contributed by atoms with Crippen LogP contribution < -0.4 is 21.3 Å². The number of amides is 5. The van der Waals surface area contributed by atoms with E-state index in [1.54, 1.807) is 11.0 Å². The molecule has 3 aliphatic carbocycles. The molecule has 1 aromatic heterocycles. The molecule has 5 amide bonds. The largest absolute Gasteiger partial charge is 0.346 e. The van der Waals surface area contributed by atoms with E-state index < -0.39 is 47.2 Å². The Balaban J connectivity index is 1.44. The standard InChI is InChI=1S/C42H61N5O6S/c1-5-22-43-40(52)35(48)31(26-28-14-12-15-28)44-39(51)34-30(25-27(2)3)19-23-47(34)41(53)36(42(4)20-10-7-11-21-42)46-38(50)33(29-16-8-6-9-17-29)45-37(49)32-18-13-24-54-32/h5,13,18,24-25,28-31,33-34,36H,1,6-12,14-17,19-23,26H2,2-4H3,(H,43,52)(H,44,51)(H,45,49)(H,46,50)/t30-,31?,33+,34+,36-/m1/s1. The van der Waals surface area contributed by atoms with Crippen molar-refractivity contribution < 1.29 is 28.8 Å². The summed E-state index contributed by atoms with van der Waals surface area (Å²) in [5.74, 6) is -3.08. The van der Waals surface area contributed by atoms with Crippen LogP contribution in [-0.4, -0.2) is 77.5 Å². The molecule has 4 N–H and O–H groups in total. The van der Waals surface area contributed by atoms with Crippen LogP contribution in [0.3, 0.4) is 0 Å². The molecule has 11 nitrogen and oxygen atoms in total. The summed E-state index contributed by atoms with van der Waals surface area (Å²) >= 11 is 1.32. The van der Waals surface area contributed by atoms with Crippen LogP contribution in [0.15, 0.2) is 41.8 Å². The Morgan fingerprint density at radius 1 is 0.926 bits per heavy atom. The molecule has 5 rings (SSSR count). The molecule has 0 spiro atoms. The fraction of sp³-hybridized carbons (Fsp3) is 0.667. The number of carbonyl (C=O) groups is 6. The zero-order chi connectivity index (χ0) is 38.8. The summed E-state index contributed by atoms with van der Waals surface area (Å²) in [4.78, 5) is 85.9. The number of thiophene rings is 1. The van der Waals surface area contributed by atoms with Gasteiger partial charge in [-0.2, -0.15) is 0 Å². The van der Waals surface area contributed by atoms with E-state index in [4.69, 9.17) is 0 Å². The maximum absolute atomic E-state index is 15.1. The fourth-order valence-electron chi connectivity index (χ4n) is 9.03. The first kappa shape index (κ1) is 41.4. The molecule has 1 saturated heterocycles. The summed E-state index contributed by atoms with van der Waals surface area (Å²) in [5, 5.41) is 13.6. The van der Waals surface area contributed by atoms with Gasteiger partial charge in [-0.3, -0.25) is 28.8 Å². The van der Waals surface area contributed by atoms with E-state index in [0.29, 0.717) is 24.3 Å². The highest BCUT2D eigenvalue weighted by Gasteiger charge is 2.50. The number of hydrogen-bond donors (Lipinski definition) is 4. The second-order valence-electron chi connectivity index (χ2n) is 16.6. The second-order valence-corrected chi connectivity index (χ2v) is 17.6. The molecule has 12 heteroatoms. The van der Waals surface area contributed by atoms with Crippen molar-refractivity contribution in [1.29, 1.82) is 0 Å². The van der Waals surface area contributed by atoms with E-state index in [9.17, 15) is 24.0 Å². The Bertz CT molecular complexity index is 1540. The molecule has 1 unspecified atom stereocenters. The minimum Gasteiger partial charge on any atom is -0.346 e. The predicted molar refractivity (Wildman–Crippen MR) is 210 cm³/mol. The topological polar surface area (TPSA) is 154 Å². The molecule has 4 aliphatic rings. The first-order valence-electron chi connectivity index (χ1n) is 20.3. The van der Waals surface area contributed by atoms with E-state index in [2.05, 4.69) is 34.8 Å². The molecule has 0 radical (unpaired) electrons. The lowest BCUT2D eigenvalue weighted by molar-refractivity contribution is -0.147. The third-order valence-corrected chi connectivity index (χ3v) is 13.1. The third kappa shape index (κ3) is 10.3. The molecule has 5 atom stereocenters. The fourth-order valence-corrected chi connectivity index (χ4v) is 9.65. The maximum Gasteiger partial charge on any atom is 0.289 e. The minimum atomic E-state index is -1.02. The van der Waals surface area contributed by atoms with Gasteiger partial charge in [0.1, 0.15) is 18.1 Å². The van der Waals surface area contributed by atoms with E-state index in [0.717, 1.165) is 89.0 Å². The lowest BCUT2D eigenvalue weighted by Crippen LogP contribution is -2.63. The Morgan fingerprint density at radius 3 is 2.24 bits per heavy atom. The number of rotatable bonds is 16. The SMILES string of the molecule is C=CCNC(=O)C(=O)C(CC1CCC1)NC(=O)[C@@H]1[C@@H](C=C(C)C)CCN1C(=O)[C@@H](NC(=O)[C@@H](NC(=O)c1cccs1)C1CCCCC1)C1(C)CCCCC1. The zero-order valence-electron chi connectivity index (χ0n) is 32.5. The lowest BCUT2D eigenvalue weighted by Gasteiger charge is -2.43. The number of ketones is 1. The van der Waals surface area contributed by atoms with Gasteiger partial charge in [-0.05, 0) is 81.1 Å². The number of nitrogens with one attached hydrogen (secondary N) is 4. The van der Waals surface area contributed by atoms with Crippen LogP contribution in [0.2, 0.25) is 0 Å². The van der Waals surface area contributed by atoms with Crippen molar-refractivity contribution in [2.75, 3.05) is 13.1 Å². The number of likely N-dealkylation sites (tertiary alicyclic amines) is 1. The normalized spacial score (nSPS) is 23.1. The van der Waals surface area contributed by atoms with Gasteiger partial charge in [0.15, 0.2) is 0 Å². The average molecular weight is 764 g/mol. The molecule has 0 aromatic carbocycles. The van der Waals surface area contributed by atoms with Gasteiger partial charge in [-0.15, -0.1) is 17.9 Å². The first-order valence-corrected chi connectivity index (χ1v) is 21.1. The molecule has 3 saturated carbocycles. The van der Waals surface area contributed by atoms with Crippen LogP contribution in [-0.2, 0) is 24.0 Å². The Hall–Kier alpha value is -3.80. The van der Waals surface area contributed by atoms with E-state index >= 15 is 4.79 Å². The van der Waals surface area contributed by atoms with Crippen molar-refractivity contribution in [3.8, 4) is 0 Å². The van der Waals surface area contributed by atoms with Crippen molar-refractivity contribution >= 4 is 46.7 Å². The summed E-state index contributed by atoms with van der Waals surface area (Å²) in [6.45, 7) is 10.0. The molecule has 1 aromatic rings. The molecule has 4 fully saturated rings. The molecule has 54 heavy (non-hydrogen) atoms. The van der Waals surface area contributed by atoms with Gasteiger partial charge in [-0.1, -0.05) is 88.5 Å². The number of allylic oxidation sites excluding steroid dienone is 1. The molecule has 2 heterocycles. The smallest absolute Gasteiger partial charge is 0.289 e. The Kier molecular flexibility index (Phi) is 14.7. The van der Waals surface area contributed by atoms with Crippen molar-refractivity contribution in [2.45, 2.75) is 141 Å². The lowest BCUT2D eigenvalue weighted by atomic mass is 9.69. The zero-order valence-corrected chi connectivity index (χ0v) is 33.3. The number of hydrogen-bond acceptors (Lipinski definition) is 7. The monoisotopic (exact) mass is 763 g/mol. The van der Waals surface area contributed by atoms with Gasteiger partial charge in [0.2, 0.25) is 23.5 Å². The van der Waals surface area contributed by atoms with Gasteiger partial charge in [-0.25, -0.2) is 0 Å². The second kappa shape index (κ2) is 19.2. The number of nitrogens with zero attached hydrogens (tertiary/aromatic N) is 1. The molecule has 296 valence electrons. The minimum absolute atomic E-state index is 0.0567. The van der Waals surface area contributed by atoms with E-state index in [1.807, 2.05) is 31.4 Å². The van der Waals surface area contributed by atoms with Gasteiger partial charge < -0.3 is 26.2 Å². The molecule has 1 aliphatic heterocycles. The Morgan fingerprint density at radius 2 is 1.63 bits per heavy atom. The first-order chi connectivity index (χ1) is 25.9. The van der Waals surface area contributed by atoms with Crippen molar-refractivity contribution in [1.82, 2.24) is 26.2 Å². The van der Waals surface area contributed by atoms with Gasteiger partial charge in [0.25, 0.3) is 11.8 Å². The summed E-state index contributed by atoms with van der Waals surface area (Å²) in [6, 6.07) is -0.129. The molecule has 0 bridgehead atoms. The predicted octanol–water partition coefficient (Wildman–Crippen LogP) is 5.61. The summed E-state index contributed by atoms with van der Waals surface area (Å²) < 4.78 is 0. The number of Topliss-reactive ketones (excluding diaryl/α,β-unsaturated/α-hetero) is 1. The van der Waals surface area contributed by atoms with Crippen LogP contribution in [0, 0.1) is 23.2 Å². The van der Waals surface area contributed by atoms with Gasteiger partial charge in [0.05, 0.1) is 10.9 Å². The highest BCUT2D eigenvalue weighted by Crippen LogP contribution is 2.41. The van der Waals surface area contributed by atoms with E-state index in [-0.39, 0.29) is 42.0 Å². The molecular weight excluding hydrogens is 703 g/mol. The number of carbonyl (C=O) groups excluding carboxylic acids is 6. The van der Waals surface area contributed by atoms with Crippen LogP contribution >= 0.6 is 11.3 Å². The summed E-state index contributed by atoms with van der Waals surface area (Å²) in [5.41, 5.74) is 0.431. The highest BCUT2D eigenvalue weighted by atomic mass is 32.1.